The summed E-state index contributed by atoms with van der Waals surface area (Å²) < 4.78 is 0. The van der Waals surface area contributed by atoms with Crippen LogP contribution in [0.25, 0.3) is 0 Å². The molecule has 1 aromatic rings. The van der Waals surface area contributed by atoms with E-state index in [0.717, 1.165) is 30.0 Å². The van der Waals surface area contributed by atoms with Crippen LogP contribution in [-0.4, -0.2) is 23.1 Å². The number of carbonyl (C=O) groups excluding carboxylic acids is 1. The van der Waals surface area contributed by atoms with Crippen molar-refractivity contribution >= 4 is 11.6 Å². The molecule has 1 unspecified atom stereocenters. The van der Waals surface area contributed by atoms with E-state index in [1.54, 1.807) is 0 Å². The molecule has 3 N–H and O–H groups in total. The molecule has 0 aromatic heterocycles. The van der Waals surface area contributed by atoms with Gasteiger partial charge in [0.2, 0.25) is 5.91 Å². The predicted octanol–water partition coefficient (Wildman–Crippen LogP) is 2.67. The number of benzene rings is 1. The topological polar surface area (TPSA) is 61.4 Å². The minimum atomic E-state index is -0.279. The van der Waals surface area contributed by atoms with Gasteiger partial charge in [-0.05, 0) is 56.2 Å². The van der Waals surface area contributed by atoms with Crippen molar-refractivity contribution in [1.29, 1.82) is 0 Å². The van der Waals surface area contributed by atoms with E-state index >= 15 is 0 Å². The van der Waals surface area contributed by atoms with E-state index in [-0.39, 0.29) is 18.6 Å². The number of nitrogens with one attached hydrogen (secondary N) is 2. The number of hydrogen-bond acceptors (Lipinski definition) is 3. The summed E-state index contributed by atoms with van der Waals surface area (Å²) in [7, 11) is 0. The lowest BCUT2D eigenvalue weighted by atomic mass is 9.87. The molecular formula is C17H26N2O2. The van der Waals surface area contributed by atoms with Crippen molar-refractivity contribution in [2.24, 2.45) is 5.92 Å². The molecule has 1 atom stereocenters. The Morgan fingerprint density at radius 3 is 2.71 bits per heavy atom. The molecule has 1 amide bonds. The van der Waals surface area contributed by atoms with Crippen molar-refractivity contribution in [2.75, 3.05) is 5.32 Å². The Morgan fingerprint density at radius 2 is 2.05 bits per heavy atom. The number of rotatable bonds is 5. The van der Waals surface area contributed by atoms with Gasteiger partial charge >= 0.3 is 0 Å². The number of aliphatic hydroxyl groups is 1. The highest BCUT2D eigenvalue weighted by atomic mass is 16.3. The largest absolute Gasteiger partial charge is 0.392 e. The van der Waals surface area contributed by atoms with Gasteiger partial charge in [0.25, 0.3) is 0 Å². The van der Waals surface area contributed by atoms with Gasteiger partial charge in [-0.3, -0.25) is 4.79 Å². The molecule has 21 heavy (non-hydrogen) atoms. The summed E-state index contributed by atoms with van der Waals surface area (Å²) in [6.07, 6.45) is 4.57. The number of anilines is 1. The molecular weight excluding hydrogens is 264 g/mol. The lowest BCUT2D eigenvalue weighted by Crippen LogP contribution is -2.44. The molecule has 1 aliphatic rings. The smallest absolute Gasteiger partial charge is 0.242 e. The van der Waals surface area contributed by atoms with Crippen LogP contribution >= 0.6 is 0 Å². The van der Waals surface area contributed by atoms with Gasteiger partial charge in [0, 0.05) is 11.7 Å². The van der Waals surface area contributed by atoms with Gasteiger partial charge in [-0.1, -0.05) is 19.1 Å². The van der Waals surface area contributed by atoms with E-state index in [9.17, 15) is 4.79 Å². The van der Waals surface area contributed by atoms with E-state index in [1.807, 2.05) is 31.2 Å². The summed E-state index contributed by atoms with van der Waals surface area (Å²) in [5.41, 5.74) is 1.70. The van der Waals surface area contributed by atoms with E-state index in [0.29, 0.717) is 6.04 Å². The third-order valence-electron chi connectivity index (χ3n) is 4.25. The summed E-state index contributed by atoms with van der Waals surface area (Å²) in [4.78, 5) is 12.2. The van der Waals surface area contributed by atoms with E-state index < -0.39 is 0 Å². The number of amides is 1. The third-order valence-corrected chi connectivity index (χ3v) is 4.25. The Bertz CT molecular complexity index is 468. The molecule has 4 nitrogen and oxygen atoms in total. The van der Waals surface area contributed by atoms with Gasteiger partial charge in [0.15, 0.2) is 0 Å². The van der Waals surface area contributed by atoms with Crippen LogP contribution in [0.4, 0.5) is 5.69 Å². The van der Waals surface area contributed by atoms with Gasteiger partial charge in [0.05, 0.1) is 6.61 Å². The van der Waals surface area contributed by atoms with Crippen molar-refractivity contribution in [3.05, 3.63) is 29.8 Å². The lowest BCUT2D eigenvalue weighted by Gasteiger charge is -2.28. The van der Waals surface area contributed by atoms with Gasteiger partial charge in [0.1, 0.15) is 6.04 Å². The zero-order valence-electron chi connectivity index (χ0n) is 12.9. The van der Waals surface area contributed by atoms with Crippen molar-refractivity contribution in [3.63, 3.8) is 0 Å². The summed E-state index contributed by atoms with van der Waals surface area (Å²) in [5, 5.41) is 15.5. The first-order valence-corrected chi connectivity index (χ1v) is 7.85. The SMILES string of the molecule is CC1CCC(NC(=O)C(C)Nc2cccc(CO)c2)CC1. The fourth-order valence-electron chi connectivity index (χ4n) is 2.81. The molecule has 0 spiro atoms. The van der Waals surface area contributed by atoms with Crippen LogP contribution in [0.2, 0.25) is 0 Å². The molecule has 1 aromatic carbocycles. The molecule has 0 saturated heterocycles. The maximum absolute atomic E-state index is 12.2. The summed E-state index contributed by atoms with van der Waals surface area (Å²) >= 11 is 0. The Hall–Kier alpha value is -1.55. The van der Waals surface area contributed by atoms with E-state index in [4.69, 9.17) is 5.11 Å². The van der Waals surface area contributed by atoms with Crippen molar-refractivity contribution < 1.29 is 9.90 Å². The average Bonchev–Trinajstić information content (AvgIpc) is 2.49. The van der Waals surface area contributed by atoms with Crippen LogP contribution in [0.5, 0.6) is 0 Å². The molecule has 1 aliphatic carbocycles. The van der Waals surface area contributed by atoms with Gasteiger partial charge < -0.3 is 15.7 Å². The molecule has 1 saturated carbocycles. The monoisotopic (exact) mass is 290 g/mol. The number of hydrogen-bond donors (Lipinski definition) is 3. The van der Waals surface area contributed by atoms with Crippen LogP contribution < -0.4 is 10.6 Å². The Labute approximate surface area is 126 Å². The first-order chi connectivity index (χ1) is 10.1. The van der Waals surface area contributed by atoms with Crippen LogP contribution in [0.1, 0.15) is 45.1 Å². The Balaban J connectivity index is 1.84. The fourth-order valence-corrected chi connectivity index (χ4v) is 2.81. The second kappa shape index (κ2) is 7.46. The van der Waals surface area contributed by atoms with Crippen LogP contribution in [0, 0.1) is 5.92 Å². The highest BCUT2D eigenvalue weighted by Gasteiger charge is 2.22. The van der Waals surface area contributed by atoms with E-state index in [1.165, 1.54) is 12.8 Å². The minimum absolute atomic E-state index is 0.0103. The third kappa shape index (κ3) is 4.74. The molecule has 1 fully saturated rings. The van der Waals surface area contributed by atoms with Gasteiger partial charge in [-0.2, -0.15) is 0 Å². The quantitative estimate of drug-likeness (QED) is 0.781. The average molecular weight is 290 g/mol. The van der Waals surface area contributed by atoms with Crippen LogP contribution in [0.15, 0.2) is 24.3 Å². The molecule has 116 valence electrons. The van der Waals surface area contributed by atoms with Gasteiger partial charge in [-0.15, -0.1) is 0 Å². The second-order valence-corrected chi connectivity index (χ2v) is 6.19. The second-order valence-electron chi connectivity index (χ2n) is 6.19. The Morgan fingerprint density at radius 1 is 1.33 bits per heavy atom. The lowest BCUT2D eigenvalue weighted by molar-refractivity contribution is -0.122. The maximum Gasteiger partial charge on any atom is 0.242 e. The number of carbonyl (C=O) groups is 1. The fraction of sp³-hybridized carbons (Fsp3) is 0.588. The van der Waals surface area contributed by atoms with Gasteiger partial charge in [-0.25, -0.2) is 0 Å². The molecule has 0 heterocycles. The number of aliphatic hydroxyl groups excluding tert-OH is 1. The molecule has 2 rings (SSSR count). The van der Waals surface area contributed by atoms with Crippen LogP contribution in [-0.2, 0) is 11.4 Å². The van der Waals surface area contributed by atoms with Crippen LogP contribution in [0.3, 0.4) is 0 Å². The highest BCUT2D eigenvalue weighted by Crippen LogP contribution is 2.23. The van der Waals surface area contributed by atoms with Crippen molar-refractivity contribution in [3.8, 4) is 0 Å². The zero-order valence-corrected chi connectivity index (χ0v) is 12.9. The summed E-state index contributed by atoms with van der Waals surface area (Å²) in [5.74, 6) is 0.832. The highest BCUT2D eigenvalue weighted by molar-refractivity contribution is 5.84. The van der Waals surface area contributed by atoms with E-state index in [2.05, 4.69) is 17.6 Å². The molecule has 4 heteroatoms. The minimum Gasteiger partial charge on any atom is -0.392 e. The normalized spacial score (nSPS) is 23.4. The summed E-state index contributed by atoms with van der Waals surface area (Å²) in [6, 6.07) is 7.55. The van der Waals surface area contributed by atoms with Crippen molar-refractivity contribution in [2.45, 2.75) is 58.2 Å². The first kappa shape index (κ1) is 15.8. The molecule has 0 radical (unpaired) electrons. The predicted molar refractivity (Wildman–Crippen MR) is 85.0 cm³/mol. The Kier molecular flexibility index (Phi) is 5.62. The molecule has 0 bridgehead atoms. The maximum atomic E-state index is 12.2. The standard InChI is InChI=1S/C17H26N2O2/c1-12-6-8-15(9-7-12)19-17(21)13(2)18-16-5-3-4-14(10-16)11-20/h3-5,10,12-13,15,18,20H,6-9,11H2,1-2H3,(H,19,21). The zero-order chi connectivity index (χ0) is 15.2. The molecule has 0 aliphatic heterocycles. The first-order valence-electron chi connectivity index (χ1n) is 7.85. The summed E-state index contributed by atoms with van der Waals surface area (Å²) in [6.45, 7) is 4.15. The van der Waals surface area contributed by atoms with Crippen molar-refractivity contribution in [1.82, 2.24) is 5.32 Å².